The largest absolute Gasteiger partial charge is 0.379 e. The lowest BCUT2D eigenvalue weighted by Gasteiger charge is -2.25. The molecule has 4 rings (SSSR count). The Balaban J connectivity index is 1.27. The quantitative estimate of drug-likeness (QED) is 0.404. The van der Waals surface area contributed by atoms with Gasteiger partial charge in [-0.2, -0.15) is 5.10 Å². The van der Waals surface area contributed by atoms with Gasteiger partial charge in [-0.05, 0) is 55.0 Å². The maximum atomic E-state index is 5.84. The molecule has 2 aliphatic rings. The molecule has 1 aliphatic heterocycles. The predicted octanol–water partition coefficient (Wildman–Crippen LogP) is 5.51. The molecule has 7 heteroatoms. The Morgan fingerprint density at radius 2 is 2.03 bits per heavy atom. The minimum atomic E-state index is -1.05. The average Bonchev–Trinajstić information content (AvgIpc) is 2.81. The van der Waals surface area contributed by atoms with E-state index in [1.165, 1.54) is 30.0 Å². The molecule has 6 nitrogen and oxygen atoms in total. The maximum absolute atomic E-state index is 5.84. The van der Waals surface area contributed by atoms with Crippen molar-refractivity contribution >= 4 is 25.5 Å². The van der Waals surface area contributed by atoms with Crippen LogP contribution in [0.4, 0.5) is 5.69 Å². The Morgan fingerprint density at radius 3 is 2.78 bits per heavy atom. The van der Waals surface area contributed by atoms with Crippen molar-refractivity contribution in [3.05, 3.63) is 59.2 Å². The molecule has 0 unspecified atom stereocenters. The first-order chi connectivity index (χ1) is 15.5. The SMILES string of the molecule is C[Si](C)(C)CCOCN1Cc2ccc(NCc3cnc(C4=CCCCC4)cn3)cc2C=N1. The molecule has 0 fully saturated rings. The lowest BCUT2D eigenvalue weighted by Crippen LogP contribution is -2.27. The van der Waals surface area contributed by atoms with Crippen LogP contribution in [0, 0.1) is 0 Å². The number of ether oxygens (including phenoxy) is 1. The summed E-state index contributed by atoms with van der Waals surface area (Å²) in [6.45, 7) is 9.91. The van der Waals surface area contributed by atoms with E-state index in [1.807, 2.05) is 23.6 Å². The molecule has 0 amide bonds. The number of hydrogen-bond acceptors (Lipinski definition) is 6. The first-order valence-corrected chi connectivity index (χ1v) is 15.4. The van der Waals surface area contributed by atoms with Crippen molar-refractivity contribution in [2.75, 3.05) is 18.7 Å². The van der Waals surface area contributed by atoms with Crippen molar-refractivity contribution in [1.29, 1.82) is 0 Å². The number of rotatable bonds is 9. The zero-order chi connectivity index (χ0) is 22.4. The molecule has 170 valence electrons. The Bertz CT molecular complexity index is 965. The van der Waals surface area contributed by atoms with Gasteiger partial charge in [0.15, 0.2) is 0 Å². The molecule has 0 bridgehead atoms. The van der Waals surface area contributed by atoms with E-state index in [9.17, 15) is 0 Å². The third kappa shape index (κ3) is 6.50. The number of allylic oxidation sites excluding steroid dienone is 2. The van der Waals surface area contributed by atoms with Crippen LogP contribution in [0.3, 0.4) is 0 Å². The van der Waals surface area contributed by atoms with Crippen LogP contribution in [0.5, 0.6) is 0 Å². The smallest absolute Gasteiger partial charge is 0.135 e. The number of nitrogens with zero attached hydrogens (tertiary/aromatic N) is 4. The normalized spacial score (nSPS) is 16.0. The summed E-state index contributed by atoms with van der Waals surface area (Å²) < 4.78 is 5.84. The van der Waals surface area contributed by atoms with Gasteiger partial charge in [-0.15, -0.1) is 0 Å². The molecule has 2 aromatic rings. The maximum Gasteiger partial charge on any atom is 0.135 e. The topological polar surface area (TPSA) is 62.6 Å². The van der Waals surface area contributed by atoms with Gasteiger partial charge in [0.1, 0.15) is 6.73 Å². The zero-order valence-corrected chi connectivity index (χ0v) is 20.6. The first-order valence-electron chi connectivity index (χ1n) is 11.7. The van der Waals surface area contributed by atoms with Gasteiger partial charge in [-0.25, -0.2) is 0 Å². The van der Waals surface area contributed by atoms with Crippen molar-refractivity contribution < 1.29 is 4.74 Å². The minimum Gasteiger partial charge on any atom is -0.379 e. The number of hydrazone groups is 1. The molecule has 32 heavy (non-hydrogen) atoms. The van der Waals surface area contributed by atoms with Crippen LogP contribution >= 0.6 is 0 Å². The highest BCUT2D eigenvalue weighted by molar-refractivity contribution is 6.76. The fourth-order valence-corrected chi connectivity index (χ4v) is 4.61. The molecular formula is C25H35N5OSi. The van der Waals surface area contributed by atoms with Crippen LogP contribution in [-0.4, -0.2) is 42.6 Å². The van der Waals surface area contributed by atoms with E-state index < -0.39 is 8.07 Å². The van der Waals surface area contributed by atoms with Crippen molar-refractivity contribution in [3.8, 4) is 0 Å². The molecule has 0 spiro atoms. The molecule has 2 heterocycles. The lowest BCUT2D eigenvalue weighted by molar-refractivity contribution is 0.0314. The summed E-state index contributed by atoms with van der Waals surface area (Å²) in [6, 6.07) is 7.62. The Labute approximate surface area is 192 Å². The van der Waals surface area contributed by atoms with E-state index in [4.69, 9.17) is 4.74 Å². The third-order valence-electron chi connectivity index (χ3n) is 5.89. The summed E-state index contributed by atoms with van der Waals surface area (Å²) in [5.41, 5.74) is 6.79. The second kappa shape index (κ2) is 10.4. The van der Waals surface area contributed by atoms with Gasteiger partial charge in [0, 0.05) is 25.9 Å². The second-order valence-corrected chi connectivity index (χ2v) is 15.5. The molecular weight excluding hydrogens is 414 g/mol. The van der Waals surface area contributed by atoms with Gasteiger partial charge in [0.2, 0.25) is 0 Å². The molecule has 1 aromatic carbocycles. The van der Waals surface area contributed by atoms with Crippen LogP contribution in [0.25, 0.3) is 5.57 Å². The van der Waals surface area contributed by atoms with E-state index in [0.29, 0.717) is 13.3 Å². The van der Waals surface area contributed by atoms with Gasteiger partial charge in [-0.3, -0.25) is 15.0 Å². The monoisotopic (exact) mass is 449 g/mol. The highest BCUT2D eigenvalue weighted by Crippen LogP contribution is 2.25. The van der Waals surface area contributed by atoms with Gasteiger partial charge < -0.3 is 10.1 Å². The van der Waals surface area contributed by atoms with Crippen molar-refractivity contribution in [2.45, 2.75) is 64.5 Å². The summed E-state index contributed by atoms with van der Waals surface area (Å²) in [4.78, 5) is 9.24. The van der Waals surface area contributed by atoms with Gasteiger partial charge in [0.25, 0.3) is 0 Å². The number of benzene rings is 1. The van der Waals surface area contributed by atoms with Gasteiger partial charge in [-0.1, -0.05) is 31.8 Å². The van der Waals surface area contributed by atoms with Gasteiger partial charge in [0.05, 0.1) is 43.1 Å². The molecule has 0 saturated heterocycles. The molecule has 1 aromatic heterocycles. The minimum absolute atomic E-state index is 0.548. The van der Waals surface area contributed by atoms with E-state index >= 15 is 0 Å². The number of nitrogens with one attached hydrogen (secondary N) is 1. The van der Waals surface area contributed by atoms with Crippen LogP contribution < -0.4 is 5.32 Å². The highest BCUT2D eigenvalue weighted by atomic mass is 28.3. The summed E-state index contributed by atoms with van der Waals surface area (Å²) >= 11 is 0. The number of anilines is 1. The third-order valence-corrected chi connectivity index (χ3v) is 7.60. The van der Waals surface area contributed by atoms with Crippen LogP contribution in [-0.2, 0) is 17.8 Å². The molecule has 0 radical (unpaired) electrons. The standard InChI is InChI=1S/C25H35N5OSi/c1-32(2,3)12-11-31-19-30-18-21-9-10-23(13-22(21)14-29-30)26-15-24-16-28-25(17-27-24)20-7-5-4-6-8-20/h7,9-10,13-14,16-17,26H,4-6,8,11-12,15,18-19H2,1-3H3. The first kappa shape index (κ1) is 22.7. The van der Waals surface area contributed by atoms with Crippen molar-refractivity contribution in [2.24, 2.45) is 5.10 Å². The molecule has 0 saturated carbocycles. The molecule has 1 aliphatic carbocycles. The fourth-order valence-electron chi connectivity index (χ4n) is 3.85. The van der Waals surface area contributed by atoms with E-state index in [0.717, 1.165) is 48.6 Å². The second-order valence-electron chi connectivity index (χ2n) is 9.89. The van der Waals surface area contributed by atoms with Crippen LogP contribution in [0.15, 0.2) is 41.8 Å². The van der Waals surface area contributed by atoms with E-state index in [2.05, 4.69) is 64.3 Å². The van der Waals surface area contributed by atoms with E-state index in [1.54, 1.807) is 0 Å². The summed E-state index contributed by atoms with van der Waals surface area (Å²) in [5, 5.41) is 10.0. The average molecular weight is 450 g/mol. The summed E-state index contributed by atoms with van der Waals surface area (Å²) in [7, 11) is -1.05. The number of hydrogen-bond donors (Lipinski definition) is 1. The number of fused-ring (bicyclic) bond motifs is 1. The zero-order valence-electron chi connectivity index (χ0n) is 19.6. The summed E-state index contributed by atoms with van der Waals surface area (Å²) in [6.07, 6.45) is 12.8. The highest BCUT2D eigenvalue weighted by Gasteiger charge is 2.15. The Morgan fingerprint density at radius 1 is 1.12 bits per heavy atom. The molecule has 0 atom stereocenters. The summed E-state index contributed by atoms with van der Waals surface area (Å²) in [5.74, 6) is 0. The predicted molar refractivity (Wildman–Crippen MR) is 134 cm³/mol. The molecule has 1 N–H and O–H groups in total. The Kier molecular flexibility index (Phi) is 7.37. The lowest BCUT2D eigenvalue weighted by atomic mass is 9.97. The van der Waals surface area contributed by atoms with Crippen molar-refractivity contribution in [1.82, 2.24) is 15.0 Å². The van der Waals surface area contributed by atoms with Gasteiger partial charge >= 0.3 is 0 Å². The van der Waals surface area contributed by atoms with E-state index in [-0.39, 0.29) is 0 Å². The fraction of sp³-hybridized carbons (Fsp3) is 0.480. The van der Waals surface area contributed by atoms with Crippen molar-refractivity contribution in [3.63, 3.8) is 0 Å². The number of aromatic nitrogens is 2. The van der Waals surface area contributed by atoms with Crippen LogP contribution in [0.2, 0.25) is 25.7 Å². The van der Waals surface area contributed by atoms with Crippen LogP contribution in [0.1, 0.15) is 48.2 Å². The Hall–Kier alpha value is -2.51.